The summed E-state index contributed by atoms with van der Waals surface area (Å²) in [5.41, 5.74) is -0.861. The molecule has 0 radical (unpaired) electrons. The van der Waals surface area contributed by atoms with Gasteiger partial charge in [-0.25, -0.2) is 0 Å². The topological polar surface area (TPSA) is 69.7 Å². The van der Waals surface area contributed by atoms with Crippen molar-refractivity contribution in [1.82, 2.24) is 9.80 Å². The van der Waals surface area contributed by atoms with Gasteiger partial charge in [-0.3, -0.25) is 14.4 Å². The van der Waals surface area contributed by atoms with Crippen LogP contribution < -0.4 is 5.32 Å². The molecule has 1 aromatic rings. The molecule has 0 unspecified atom stereocenters. The lowest BCUT2D eigenvalue weighted by Gasteiger charge is -2.37. The van der Waals surface area contributed by atoms with E-state index in [0.29, 0.717) is 41.9 Å². The number of halogens is 2. The summed E-state index contributed by atoms with van der Waals surface area (Å²) >= 11 is 11.9. The number of piperazine rings is 1. The van der Waals surface area contributed by atoms with Gasteiger partial charge in [0.25, 0.3) is 0 Å². The predicted octanol–water partition coefficient (Wildman–Crippen LogP) is 2.65. The summed E-state index contributed by atoms with van der Waals surface area (Å²) < 4.78 is 0. The molecule has 136 valence electrons. The van der Waals surface area contributed by atoms with Crippen molar-refractivity contribution >= 4 is 46.6 Å². The number of anilines is 1. The summed E-state index contributed by atoms with van der Waals surface area (Å²) in [5, 5.41) is 3.45. The van der Waals surface area contributed by atoms with Gasteiger partial charge in [-0.15, -0.1) is 0 Å². The van der Waals surface area contributed by atoms with E-state index < -0.39 is 11.3 Å². The minimum Gasteiger partial charge on any atom is -0.339 e. The van der Waals surface area contributed by atoms with E-state index in [-0.39, 0.29) is 11.8 Å². The second-order valence-corrected chi connectivity index (χ2v) is 7.35. The van der Waals surface area contributed by atoms with E-state index in [1.54, 1.807) is 35.8 Å². The minimum atomic E-state index is -1.26. The molecule has 1 fully saturated rings. The smallest absolute Gasteiger partial charge is 0.239 e. The van der Waals surface area contributed by atoms with Crippen LogP contribution in [0.4, 0.5) is 5.69 Å². The summed E-state index contributed by atoms with van der Waals surface area (Å²) in [6.45, 7) is 6.43. The zero-order valence-electron chi connectivity index (χ0n) is 14.4. The summed E-state index contributed by atoms with van der Waals surface area (Å²) in [6, 6.07) is 4.72. The molecular weight excluding hydrogens is 365 g/mol. The molecule has 25 heavy (non-hydrogen) atoms. The Morgan fingerprint density at radius 1 is 1.04 bits per heavy atom. The molecule has 1 N–H and O–H groups in total. The fraction of sp³-hybridized carbons (Fsp3) is 0.471. The van der Waals surface area contributed by atoms with E-state index >= 15 is 0 Å². The van der Waals surface area contributed by atoms with Crippen molar-refractivity contribution in [3.05, 3.63) is 28.2 Å². The van der Waals surface area contributed by atoms with Crippen molar-refractivity contribution in [2.75, 3.05) is 31.5 Å². The summed E-state index contributed by atoms with van der Waals surface area (Å²) in [5.74, 6) is -0.740. The molecule has 1 aliphatic rings. The maximum absolute atomic E-state index is 12.8. The van der Waals surface area contributed by atoms with Gasteiger partial charge in [0.2, 0.25) is 17.7 Å². The summed E-state index contributed by atoms with van der Waals surface area (Å²) in [7, 11) is 0. The van der Waals surface area contributed by atoms with E-state index in [4.69, 9.17) is 23.2 Å². The molecule has 0 atom stereocenters. The molecule has 3 amide bonds. The summed E-state index contributed by atoms with van der Waals surface area (Å²) in [4.78, 5) is 40.1. The fourth-order valence-electron chi connectivity index (χ4n) is 2.59. The van der Waals surface area contributed by atoms with Crippen LogP contribution in [0, 0.1) is 5.41 Å². The molecule has 0 aliphatic carbocycles. The largest absolute Gasteiger partial charge is 0.339 e. The van der Waals surface area contributed by atoms with Crippen LogP contribution in [0.3, 0.4) is 0 Å². The molecule has 0 spiro atoms. The Hall–Kier alpha value is -1.79. The Bertz CT molecular complexity index is 698. The molecule has 1 aliphatic heterocycles. The number of hydrogen-bond donors (Lipinski definition) is 1. The maximum atomic E-state index is 12.8. The molecule has 6 nitrogen and oxygen atoms in total. The highest BCUT2D eigenvalue weighted by Gasteiger charge is 2.40. The Kier molecular flexibility index (Phi) is 5.95. The van der Waals surface area contributed by atoms with Gasteiger partial charge >= 0.3 is 0 Å². The number of carbonyl (C=O) groups excluding carboxylic acids is 3. The number of hydrogen-bond acceptors (Lipinski definition) is 3. The Labute approximate surface area is 157 Å². The van der Waals surface area contributed by atoms with Crippen molar-refractivity contribution < 1.29 is 14.4 Å². The van der Waals surface area contributed by atoms with Crippen LogP contribution >= 0.6 is 23.2 Å². The van der Waals surface area contributed by atoms with Crippen LogP contribution in [0.25, 0.3) is 0 Å². The first kappa shape index (κ1) is 19.5. The van der Waals surface area contributed by atoms with Crippen LogP contribution in [-0.4, -0.2) is 53.7 Å². The molecular formula is C17H21Cl2N3O3. The first-order valence-electron chi connectivity index (χ1n) is 7.94. The third-order valence-electron chi connectivity index (χ3n) is 4.29. The van der Waals surface area contributed by atoms with E-state index in [9.17, 15) is 14.4 Å². The van der Waals surface area contributed by atoms with Crippen molar-refractivity contribution in [3.63, 3.8) is 0 Å². The number of amides is 3. The van der Waals surface area contributed by atoms with Crippen LogP contribution in [0.1, 0.15) is 20.8 Å². The van der Waals surface area contributed by atoms with Crippen molar-refractivity contribution in [2.45, 2.75) is 20.8 Å². The van der Waals surface area contributed by atoms with Gasteiger partial charge in [-0.05, 0) is 32.0 Å². The van der Waals surface area contributed by atoms with Gasteiger partial charge in [-0.2, -0.15) is 0 Å². The predicted molar refractivity (Wildman–Crippen MR) is 97.7 cm³/mol. The fourth-order valence-corrected chi connectivity index (χ4v) is 3.04. The lowest BCUT2D eigenvalue weighted by atomic mass is 9.89. The Morgan fingerprint density at radius 2 is 1.60 bits per heavy atom. The number of rotatable bonds is 3. The van der Waals surface area contributed by atoms with E-state index in [0.717, 1.165) is 0 Å². The molecule has 0 bridgehead atoms. The average molecular weight is 386 g/mol. The molecule has 8 heteroatoms. The highest BCUT2D eigenvalue weighted by molar-refractivity contribution is 6.36. The number of carbonyl (C=O) groups is 3. The van der Waals surface area contributed by atoms with Gasteiger partial charge in [0.15, 0.2) is 0 Å². The summed E-state index contributed by atoms with van der Waals surface area (Å²) in [6.07, 6.45) is 0. The zero-order chi connectivity index (χ0) is 18.8. The molecule has 1 saturated heterocycles. The minimum absolute atomic E-state index is 0.0125. The van der Waals surface area contributed by atoms with Gasteiger partial charge < -0.3 is 15.1 Å². The maximum Gasteiger partial charge on any atom is 0.239 e. The number of nitrogens with one attached hydrogen (secondary N) is 1. The lowest BCUT2D eigenvalue weighted by molar-refractivity contribution is -0.149. The third kappa shape index (κ3) is 4.44. The first-order chi connectivity index (χ1) is 11.6. The zero-order valence-corrected chi connectivity index (χ0v) is 15.9. The van der Waals surface area contributed by atoms with Gasteiger partial charge in [0, 0.05) is 38.1 Å². The van der Waals surface area contributed by atoms with Crippen LogP contribution in [0.2, 0.25) is 10.0 Å². The molecule has 2 rings (SSSR count). The second-order valence-electron chi connectivity index (χ2n) is 6.50. The van der Waals surface area contributed by atoms with Crippen LogP contribution in [0.5, 0.6) is 0 Å². The van der Waals surface area contributed by atoms with E-state index in [2.05, 4.69) is 5.32 Å². The monoisotopic (exact) mass is 385 g/mol. The molecule has 1 heterocycles. The van der Waals surface area contributed by atoms with Gasteiger partial charge in [0.05, 0.1) is 10.7 Å². The van der Waals surface area contributed by atoms with Crippen molar-refractivity contribution in [2.24, 2.45) is 5.41 Å². The Balaban J connectivity index is 2.05. The van der Waals surface area contributed by atoms with E-state index in [1.807, 2.05) is 0 Å². The number of benzene rings is 1. The quantitative estimate of drug-likeness (QED) is 0.812. The first-order valence-corrected chi connectivity index (χ1v) is 8.70. The van der Waals surface area contributed by atoms with Gasteiger partial charge in [-0.1, -0.05) is 23.2 Å². The number of nitrogens with zero attached hydrogens (tertiary/aromatic N) is 2. The van der Waals surface area contributed by atoms with Gasteiger partial charge in [0.1, 0.15) is 5.41 Å². The van der Waals surface area contributed by atoms with Crippen LogP contribution in [-0.2, 0) is 14.4 Å². The SMILES string of the molecule is CC(=O)N1CCN(C(=O)C(C)(C)C(=O)Nc2ccc(Cl)cc2Cl)CC1. The highest BCUT2D eigenvalue weighted by atomic mass is 35.5. The average Bonchev–Trinajstić information content (AvgIpc) is 2.56. The lowest BCUT2D eigenvalue weighted by Crippen LogP contribution is -2.55. The highest BCUT2D eigenvalue weighted by Crippen LogP contribution is 2.28. The third-order valence-corrected chi connectivity index (χ3v) is 4.84. The van der Waals surface area contributed by atoms with Crippen molar-refractivity contribution in [1.29, 1.82) is 0 Å². The Morgan fingerprint density at radius 3 is 2.12 bits per heavy atom. The molecule has 1 aromatic carbocycles. The molecule has 0 aromatic heterocycles. The standard InChI is InChI=1S/C17H21Cl2N3O3/c1-11(23)21-6-8-22(9-7-21)16(25)17(2,3)15(24)20-14-5-4-12(18)10-13(14)19/h4-5,10H,6-9H2,1-3H3,(H,20,24). The van der Waals surface area contributed by atoms with Crippen LogP contribution in [0.15, 0.2) is 18.2 Å². The van der Waals surface area contributed by atoms with Crippen molar-refractivity contribution in [3.8, 4) is 0 Å². The molecule has 0 saturated carbocycles. The van der Waals surface area contributed by atoms with E-state index in [1.165, 1.54) is 13.0 Å². The second kappa shape index (κ2) is 7.62. The normalized spacial score (nSPS) is 15.1.